The van der Waals surface area contributed by atoms with Crippen LogP contribution in [0.3, 0.4) is 0 Å². The Morgan fingerprint density at radius 3 is 2.50 bits per heavy atom. The summed E-state index contributed by atoms with van der Waals surface area (Å²) in [6.07, 6.45) is 3.81. The molecule has 4 rings (SSSR count). The lowest BCUT2D eigenvalue weighted by molar-refractivity contribution is -0.121. The summed E-state index contributed by atoms with van der Waals surface area (Å²) < 4.78 is 46.9. The predicted molar refractivity (Wildman–Crippen MR) is 124 cm³/mol. The lowest BCUT2D eigenvalue weighted by atomic mass is 9.95. The first-order valence-electron chi connectivity index (χ1n) is 10.7. The number of benzene rings is 2. The summed E-state index contributed by atoms with van der Waals surface area (Å²) in [5.74, 6) is -1.38. The molecule has 3 aromatic rings. The van der Waals surface area contributed by atoms with Crippen LogP contribution in [0.5, 0.6) is 0 Å². The van der Waals surface area contributed by atoms with Gasteiger partial charge in [-0.1, -0.05) is 18.2 Å². The number of carbonyl (C=O) groups is 2. The monoisotopic (exact) mass is 485 g/mol. The molecule has 0 atom stereocenters. The Morgan fingerprint density at radius 1 is 1.09 bits per heavy atom. The van der Waals surface area contributed by atoms with Gasteiger partial charge in [0.05, 0.1) is 22.4 Å². The van der Waals surface area contributed by atoms with Gasteiger partial charge in [0.1, 0.15) is 12.1 Å². The molecule has 0 radical (unpaired) electrons. The molecule has 2 N–H and O–H groups in total. The van der Waals surface area contributed by atoms with Crippen molar-refractivity contribution in [3.05, 3.63) is 78.0 Å². The lowest BCUT2D eigenvalue weighted by Gasteiger charge is -2.31. The highest BCUT2D eigenvalue weighted by Crippen LogP contribution is 2.26. The molecule has 2 amide bonds. The number of carbonyl (C=O) groups excluding carboxylic acids is 2. The Bertz CT molecular complexity index is 1300. The molecule has 178 valence electrons. The average Bonchev–Trinajstić information content (AvgIpc) is 3.36. The molecule has 0 unspecified atom stereocenters. The van der Waals surface area contributed by atoms with Gasteiger partial charge in [-0.2, -0.15) is 0 Å². The van der Waals surface area contributed by atoms with E-state index in [4.69, 9.17) is 4.42 Å². The number of amides is 2. The smallest absolute Gasteiger partial charge is 0.262 e. The van der Waals surface area contributed by atoms with Gasteiger partial charge in [-0.25, -0.2) is 12.8 Å². The van der Waals surface area contributed by atoms with E-state index in [0.29, 0.717) is 42.7 Å². The summed E-state index contributed by atoms with van der Waals surface area (Å²) in [5.41, 5.74) is 1.09. The average molecular weight is 486 g/mol. The van der Waals surface area contributed by atoms with Gasteiger partial charge in [0, 0.05) is 24.7 Å². The molecule has 1 fully saturated rings. The third-order valence-electron chi connectivity index (χ3n) is 5.78. The number of nitrogens with one attached hydrogen (secondary N) is 2. The van der Waals surface area contributed by atoms with Crippen LogP contribution in [-0.2, 0) is 14.8 Å². The maximum atomic E-state index is 13.9. The van der Waals surface area contributed by atoms with Gasteiger partial charge >= 0.3 is 0 Å². The van der Waals surface area contributed by atoms with Crippen molar-refractivity contribution in [3.63, 3.8) is 0 Å². The number of halogens is 1. The molecule has 1 saturated heterocycles. The van der Waals surface area contributed by atoms with Crippen LogP contribution in [0.4, 0.5) is 15.8 Å². The van der Waals surface area contributed by atoms with Crippen molar-refractivity contribution in [3.8, 4) is 0 Å². The molecular formula is C24H24FN3O5S. The van der Waals surface area contributed by atoms with Crippen LogP contribution < -0.4 is 10.0 Å². The van der Waals surface area contributed by atoms with E-state index < -0.39 is 15.8 Å². The second kappa shape index (κ2) is 9.68. The summed E-state index contributed by atoms with van der Waals surface area (Å²) in [4.78, 5) is 26.9. The normalized spacial score (nSPS) is 14.6. The largest absolute Gasteiger partial charge is 0.472 e. The number of anilines is 2. The van der Waals surface area contributed by atoms with Gasteiger partial charge in [0.25, 0.3) is 15.9 Å². The van der Waals surface area contributed by atoms with E-state index in [-0.39, 0.29) is 28.3 Å². The van der Waals surface area contributed by atoms with Crippen LogP contribution in [0, 0.1) is 18.7 Å². The number of sulfonamides is 1. The number of hydrogen-bond donors (Lipinski definition) is 2. The van der Waals surface area contributed by atoms with Crippen molar-refractivity contribution in [1.29, 1.82) is 0 Å². The minimum atomic E-state index is -4.08. The Balaban J connectivity index is 1.42. The van der Waals surface area contributed by atoms with Crippen molar-refractivity contribution in [2.75, 3.05) is 23.1 Å². The fraction of sp³-hybridized carbons (Fsp3) is 0.250. The van der Waals surface area contributed by atoms with Crippen LogP contribution in [0.1, 0.15) is 28.8 Å². The zero-order valence-electron chi connectivity index (χ0n) is 18.5. The zero-order valence-corrected chi connectivity index (χ0v) is 19.3. The number of rotatable bonds is 6. The summed E-state index contributed by atoms with van der Waals surface area (Å²) in [5, 5.41) is 2.77. The summed E-state index contributed by atoms with van der Waals surface area (Å²) in [7, 11) is -4.08. The number of aryl methyl sites for hydroxylation is 1. The second-order valence-corrected chi connectivity index (χ2v) is 9.78. The van der Waals surface area contributed by atoms with E-state index in [1.165, 1.54) is 36.8 Å². The highest BCUT2D eigenvalue weighted by molar-refractivity contribution is 7.92. The topological polar surface area (TPSA) is 109 Å². The van der Waals surface area contributed by atoms with E-state index in [9.17, 15) is 22.4 Å². The van der Waals surface area contributed by atoms with Gasteiger partial charge in [-0.05, 0) is 55.7 Å². The van der Waals surface area contributed by atoms with E-state index >= 15 is 0 Å². The van der Waals surface area contributed by atoms with Crippen LogP contribution in [-0.4, -0.2) is 38.2 Å². The summed E-state index contributed by atoms with van der Waals surface area (Å²) in [6.45, 7) is 2.48. The molecule has 1 aliphatic heterocycles. The fourth-order valence-electron chi connectivity index (χ4n) is 3.87. The highest BCUT2D eigenvalue weighted by Gasteiger charge is 2.28. The van der Waals surface area contributed by atoms with Crippen molar-refractivity contribution in [1.82, 2.24) is 4.90 Å². The van der Waals surface area contributed by atoms with Crippen LogP contribution in [0.2, 0.25) is 0 Å². The predicted octanol–water partition coefficient (Wildman–Crippen LogP) is 4.02. The van der Waals surface area contributed by atoms with Crippen LogP contribution in [0.25, 0.3) is 0 Å². The molecule has 0 saturated carbocycles. The second-order valence-electron chi connectivity index (χ2n) is 8.13. The number of likely N-dealkylation sites (tertiary alicyclic amines) is 1. The molecule has 2 heterocycles. The molecule has 1 aromatic heterocycles. The third-order valence-corrected chi connectivity index (χ3v) is 7.29. The van der Waals surface area contributed by atoms with E-state index in [0.717, 1.165) is 6.07 Å². The number of hydrogen-bond acceptors (Lipinski definition) is 5. The zero-order chi connectivity index (χ0) is 24.3. The third kappa shape index (κ3) is 5.12. The van der Waals surface area contributed by atoms with Gasteiger partial charge in [0.2, 0.25) is 5.91 Å². The highest BCUT2D eigenvalue weighted by atomic mass is 32.2. The SMILES string of the molecule is Cc1ccc(NC(=O)C2CCN(C(=O)c3ccoc3)CC2)cc1S(=O)(=O)Nc1ccccc1F. The Labute approximate surface area is 196 Å². The van der Waals surface area contributed by atoms with E-state index in [1.54, 1.807) is 30.0 Å². The summed E-state index contributed by atoms with van der Waals surface area (Å²) in [6, 6.07) is 11.6. The molecule has 10 heteroatoms. The quantitative estimate of drug-likeness (QED) is 0.548. The first-order valence-corrected chi connectivity index (χ1v) is 12.2. The van der Waals surface area contributed by atoms with Crippen molar-refractivity contribution >= 4 is 33.2 Å². The minimum Gasteiger partial charge on any atom is -0.472 e. The van der Waals surface area contributed by atoms with Crippen molar-refractivity contribution in [2.45, 2.75) is 24.7 Å². The molecular weight excluding hydrogens is 461 g/mol. The standard InChI is InChI=1S/C24H24FN3O5S/c1-16-6-7-19(14-22(16)34(31,32)27-21-5-3-2-4-20(21)25)26-23(29)17-8-11-28(12-9-17)24(30)18-10-13-33-15-18/h2-7,10,13-15,17,27H,8-9,11-12H2,1H3,(H,26,29). The Hall–Kier alpha value is -3.66. The van der Waals surface area contributed by atoms with Crippen molar-refractivity contribution < 1.29 is 26.8 Å². The lowest BCUT2D eigenvalue weighted by Crippen LogP contribution is -2.41. The van der Waals surface area contributed by atoms with Crippen LogP contribution >= 0.6 is 0 Å². The van der Waals surface area contributed by atoms with Gasteiger partial charge in [0.15, 0.2) is 0 Å². The number of piperidine rings is 1. The van der Waals surface area contributed by atoms with Crippen molar-refractivity contribution in [2.24, 2.45) is 5.92 Å². The first-order chi connectivity index (χ1) is 16.2. The van der Waals surface area contributed by atoms with E-state index in [2.05, 4.69) is 10.0 Å². The molecule has 2 aromatic carbocycles. The minimum absolute atomic E-state index is 0.0610. The van der Waals surface area contributed by atoms with Gasteiger partial charge in [-0.3, -0.25) is 14.3 Å². The molecule has 34 heavy (non-hydrogen) atoms. The Kier molecular flexibility index (Phi) is 6.69. The molecule has 8 nitrogen and oxygen atoms in total. The van der Waals surface area contributed by atoms with Gasteiger partial charge in [-0.15, -0.1) is 0 Å². The summed E-state index contributed by atoms with van der Waals surface area (Å²) >= 11 is 0. The molecule has 1 aliphatic rings. The number of furan rings is 1. The first kappa shape index (κ1) is 23.5. The Morgan fingerprint density at radius 2 is 1.82 bits per heavy atom. The molecule has 0 spiro atoms. The molecule has 0 bridgehead atoms. The number of para-hydroxylation sites is 1. The fourth-order valence-corrected chi connectivity index (χ4v) is 5.21. The number of nitrogens with zero attached hydrogens (tertiary/aromatic N) is 1. The molecule has 0 aliphatic carbocycles. The van der Waals surface area contributed by atoms with Gasteiger partial charge < -0.3 is 14.6 Å². The maximum Gasteiger partial charge on any atom is 0.262 e. The maximum absolute atomic E-state index is 13.9. The van der Waals surface area contributed by atoms with Crippen LogP contribution in [0.15, 0.2) is 70.4 Å². The van der Waals surface area contributed by atoms with E-state index in [1.807, 2.05) is 0 Å².